The summed E-state index contributed by atoms with van der Waals surface area (Å²) in [7, 11) is 0. The van der Waals surface area contributed by atoms with Gasteiger partial charge < -0.3 is 10.2 Å². The molecule has 2 heteroatoms. The first-order valence-corrected chi connectivity index (χ1v) is 5.18. The standard InChI is InChI=1S/C14H14O2/c1-9-5-3-4-6-11(9)12-8-13(15)10(2)7-14(12)16/h3-8,15-16H,1-2H3. The fourth-order valence-electron chi connectivity index (χ4n) is 1.77. The van der Waals surface area contributed by atoms with Crippen LogP contribution in [0.1, 0.15) is 11.1 Å². The van der Waals surface area contributed by atoms with Gasteiger partial charge in [-0.05, 0) is 42.7 Å². The Morgan fingerprint density at radius 1 is 0.750 bits per heavy atom. The Balaban J connectivity index is 2.65. The number of phenolic OH excluding ortho intramolecular Hbond substituents is 2. The summed E-state index contributed by atoms with van der Waals surface area (Å²) in [6.07, 6.45) is 0. The van der Waals surface area contributed by atoms with Gasteiger partial charge in [0.2, 0.25) is 0 Å². The summed E-state index contributed by atoms with van der Waals surface area (Å²) in [5.41, 5.74) is 3.35. The van der Waals surface area contributed by atoms with E-state index in [0.717, 1.165) is 11.1 Å². The molecule has 82 valence electrons. The third kappa shape index (κ3) is 1.74. The smallest absolute Gasteiger partial charge is 0.123 e. The number of aromatic hydroxyl groups is 2. The highest BCUT2D eigenvalue weighted by molar-refractivity contribution is 5.74. The van der Waals surface area contributed by atoms with Gasteiger partial charge in [0.25, 0.3) is 0 Å². The van der Waals surface area contributed by atoms with E-state index in [4.69, 9.17) is 0 Å². The number of hydrogen-bond donors (Lipinski definition) is 2. The molecule has 0 fully saturated rings. The van der Waals surface area contributed by atoms with Crippen LogP contribution in [0.3, 0.4) is 0 Å². The molecule has 2 aromatic carbocycles. The van der Waals surface area contributed by atoms with Gasteiger partial charge in [0.15, 0.2) is 0 Å². The molecule has 16 heavy (non-hydrogen) atoms. The minimum atomic E-state index is 0.199. The summed E-state index contributed by atoms with van der Waals surface area (Å²) in [5, 5.41) is 19.5. The average Bonchev–Trinajstić information content (AvgIpc) is 2.25. The van der Waals surface area contributed by atoms with Crippen LogP contribution in [-0.4, -0.2) is 10.2 Å². The molecule has 0 aromatic heterocycles. The van der Waals surface area contributed by atoms with E-state index in [-0.39, 0.29) is 11.5 Å². The highest BCUT2D eigenvalue weighted by Gasteiger charge is 2.09. The topological polar surface area (TPSA) is 40.5 Å². The van der Waals surface area contributed by atoms with Gasteiger partial charge >= 0.3 is 0 Å². The summed E-state index contributed by atoms with van der Waals surface area (Å²) in [4.78, 5) is 0. The summed E-state index contributed by atoms with van der Waals surface area (Å²) < 4.78 is 0. The van der Waals surface area contributed by atoms with Crippen molar-refractivity contribution in [1.82, 2.24) is 0 Å². The number of rotatable bonds is 1. The van der Waals surface area contributed by atoms with Gasteiger partial charge in [-0.2, -0.15) is 0 Å². The molecular weight excluding hydrogens is 200 g/mol. The maximum absolute atomic E-state index is 9.88. The summed E-state index contributed by atoms with van der Waals surface area (Å²) >= 11 is 0. The Kier molecular flexibility index (Phi) is 2.57. The van der Waals surface area contributed by atoms with Crippen molar-refractivity contribution in [3.63, 3.8) is 0 Å². The first kappa shape index (κ1) is 10.6. The summed E-state index contributed by atoms with van der Waals surface area (Å²) in [5.74, 6) is 0.403. The lowest BCUT2D eigenvalue weighted by molar-refractivity contribution is 0.458. The lowest BCUT2D eigenvalue weighted by Crippen LogP contribution is -1.85. The maximum Gasteiger partial charge on any atom is 0.123 e. The van der Waals surface area contributed by atoms with Crippen molar-refractivity contribution >= 4 is 0 Å². The molecule has 0 heterocycles. The van der Waals surface area contributed by atoms with E-state index in [1.54, 1.807) is 19.1 Å². The van der Waals surface area contributed by atoms with Crippen molar-refractivity contribution in [3.05, 3.63) is 47.5 Å². The van der Waals surface area contributed by atoms with Crippen LogP contribution in [0.2, 0.25) is 0 Å². The highest BCUT2D eigenvalue weighted by Crippen LogP contribution is 2.35. The Morgan fingerprint density at radius 3 is 2.12 bits per heavy atom. The molecule has 2 N–H and O–H groups in total. The Bertz CT molecular complexity index is 530. The molecular formula is C14H14O2. The van der Waals surface area contributed by atoms with E-state index in [9.17, 15) is 10.2 Å². The van der Waals surface area contributed by atoms with Gasteiger partial charge in [-0.1, -0.05) is 24.3 Å². The molecule has 0 amide bonds. The zero-order valence-electron chi connectivity index (χ0n) is 9.36. The zero-order chi connectivity index (χ0) is 11.7. The number of benzene rings is 2. The molecule has 0 spiro atoms. The third-order valence-corrected chi connectivity index (χ3v) is 2.75. The van der Waals surface area contributed by atoms with E-state index in [2.05, 4.69) is 0 Å². The van der Waals surface area contributed by atoms with Crippen LogP contribution in [0.4, 0.5) is 0 Å². The second-order valence-electron chi connectivity index (χ2n) is 3.97. The second-order valence-corrected chi connectivity index (χ2v) is 3.97. The minimum absolute atomic E-state index is 0.199. The van der Waals surface area contributed by atoms with Gasteiger partial charge in [0, 0.05) is 5.56 Å². The number of phenols is 2. The second kappa shape index (κ2) is 3.89. The summed E-state index contributed by atoms with van der Waals surface area (Å²) in [6, 6.07) is 11.0. The van der Waals surface area contributed by atoms with Crippen LogP contribution in [0.5, 0.6) is 11.5 Å². The van der Waals surface area contributed by atoms with Crippen molar-refractivity contribution in [3.8, 4) is 22.6 Å². The molecule has 2 aromatic rings. The maximum atomic E-state index is 9.88. The quantitative estimate of drug-likeness (QED) is 0.714. The fraction of sp³-hybridized carbons (Fsp3) is 0.143. The molecule has 0 unspecified atom stereocenters. The zero-order valence-corrected chi connectivity index (χ0v) is 9.36. The predicted molar refractivity (Wildman–Crippen MR) is 64.7 cm³/mol. The van der Waals surface area contributed by atoms with Crippen LogP contribution in [-0.2, 0) is 0 Å². The van der Waals surface area contributed by atoms with Gasteiger partial charge in [0.05, 0.1) is 0 Å². The van der Waals surface area contributed by atoms with Crippen LogP contribution in [0, 0.1) is 13.8 Å². The first-order valence-electron chi connectivity index (χ1n) is 5.18. The van der Waals surface area contributed by atoms with E-state index >= 15 is 0 Å². The largest absolute Gasteiger partial charge is 0.508 e. The van der Waals surface area contributed by atoms with E-state index < -0.39 is 0 Å². The molecule has 0 bridgehead atoms. The Labute approximate surface area is 94.8 Å². The molecule has 0 aliphatic carbocycles. The Morgan fingerprint density at radius 2 is 1.44 bits per heavy atom. The van der Waals surface area contributed by atoms with Crippen molar-refractivity contribution in [2.45, 2.75) is 13.8 Å². The van der Waals surface area contributed by atoms with Crippen molar-refractivity contribution < 1.29 is 10.2 Å². The molecule has 0 aliphatic heterocycles. The van der Waals surface area contributed by atoms with Crippen molar-refractivity contribution in [2.75, 3.05) is 0 Å². The molecule has 2 rings (SSSR count). The average molecular weight is 214 g/mol. The van der Waals surface area contributed by atoms with Gasteiger partial charge in [-0.25, -0.2) is 0 Å². The lowest BCUT2D eigenvalue weighted by atomic mass is 9.98. The number of aryl methyl sites for hydroxylation is 2. The molecule has 0 aliphatic rings. The third-order valence-electron chi connectivity index (χ3n) is 2.75. The van der Waals surface area contributed by atoms with E-state index in [0.29, 0.717) is 11.1 Å². The molecule has 0 radical (unpaired) electrons. The van der Waals surface area contributed by atoms with Crippen LogP contribution < -0.4 is 0 Å². The minimum Gasteiger partial charge on any atom is -0.508 e. The predicted octanol–water partition coefficient (Wildman–Crippen LogP) is 3.38. The SMILES string of the molecule is Cc1cc(O)c(-c2ccccc2C)cc1O. The van der Waals surface area contributed by atoms with E-state index in [1.807, 2.05) is 31.2 Å². The number of hydrogen-bond acceptors (Lipinski definition) is 2. The Hall–Kier alpha value is -1.96. The van der Waals surface area contributed by atoms with Crippen LogP contribution in [0.25, 0.3) is 11.1 Å². The van der Waals surface area contributed by atoms with Crippen LogP contribution >= 0.6 is 0 Å². The van der Waals surface area contributed by atoms with Crippen molar-refractivity contribution in [1.29, 1.82) is 0 Å². The van der Waals surface area contributed by atoms with Gasteiger partial charge in [-0.3, -0.25) is 0 Å². The monoisotopic (exact) mass is 214 g/mol. The van der Waals surface area contributed by atoms with Gasteiger partial charge in [-0.15, -0.1) is 0 Å². The first-order chi connectivity index (χ1) is 7.59. The molecule has 2 nitrogen and oxygen atoms in total. The van der Waals surface area contributed by atoms with E-state index in [1.165, 1.54) is 0 Å². The summed E-state index contributed by atoms with van der Waals surface area (Å²) in [6.45, 7) is 3.74. The lowest BCUT2D eigenvalue weighted by Gasteiger charge is -2.10. The normalized spacial score (nSPS) is 10.4. The van der Waals surface area contributed by atoms with Gasteiger partial charge in [0.1, 0.15) is 11.5 Å². The van der Waals surface area contributed by atoms with Crippen molar-refractivity contribution in [2.24, 2.45) is 0 Å². The fourth-order valence-corrected chi connectivity index (χ4v) is 1.77. The molecule has 0 saturated heterocycles. The molecule has 0 saturated carbocycles. The molecule has 0 atom stereocenters. The van der Waals surface area contributed by atoms with Crippen LogP contribution in [0.15, 0.2) is 36.4 Å². The highest BCUT2D eigenvalue weighted by atomic mass is 16.3.